The van der Waals surface area contributed by atoms with Gasteiger partial charge in [0.1, 0.15) is 5.52 Å². The lowest BCUT2D eigenvalue weighted by Crippen LogP contribution is -2.27. The van der Waals surface area contributed by atoms with Crippen LogP contribution < -0.4 is 16.6 Å². The number of hydrogen-bond donors (Lipinski definition) is 2. The number of aromatic amines is 1. The summed E-state index contributed by atoms with van der Waals surface area (Å²) in [5.41, 5.74) is 1.16. The van der Waals surface area contributed by atoms with Crippen LogP contribution in [0.5, 0.6) is 0 Å². The van der Waals surface area contributed by atoms with Gasteiger partial charge in [-0.1, -0.05) is 0 Å². The van der Waals surface area contributed by atoms with Crippen LogP contribution in [0.1, 0.15) is 24.7 Å². The summed E-state index contributed by atoms with van der Waals surface area (Å²) >= 11 is 0. The van der Waals surface area contributed by atoms with E-state index < -0.39 is 11.2 Å². The number of hydrogen-bond acceptors (Lipinski definition) is 5. The third-order valence-electron chi connectivity index (χ3n) is 4.18. The number of piperidine rings is 1. The minimum atomic E-state index is -0.477. The highest BCUT2D eigenvalue weighted by Gasteiger charge is 2.20. The maximum atomic E-state index is 11.9. The minimum absolute atomic E-state index is 0.336. The fourth-order valence-corrected chi connectivity index (χ4v) is 2.94. The fraction of sp³-hybridized carbons (Fsp3) is 0.312. The molecule has 3 heterocycles. The lowest BCUT2D eigenvalue weighted by atomic mass is 9.98. The number of benzene rings is 1. The summed E-state index contributed by atoms with van der Waals surface area (Å²) in [6, 6.07) is 6.70. The van der Waals surface area contributed by atoms with Gasteiger partial charge >= 0.3 is 5.69 Å². The first kappa shape index (κ1) is 14.0. The van der Waals surface area contributed by atoms with E-state index in [9.17, 15) is 9.59 Å². The number of fused-ring (bicyclic) bond motifs is 1. The topological polar surface area (TPSA) is 92.9 Å². The van der Waals surface area contributed by atoms with Crippen molar-refractivity contribution in [1.82, 2.24) is 19.9 Å². The molecule has 1 aliphatic heterocycles. The predicted octanol–water partition coefficient (Wildman–Crippen LogP) is 1.13. The van der Waals surface area contributed by atoms with Gasteiger partial charge in [0, 0.05) is 24.2 Å². The van der Waals surface area contributed by atoms with E-state index in [0.29, 0.717) is 17.2 Å². The first-order valence-electron chi connectivity index (χ1n) is 7.64. The predicted molar refractivity (Wildman–Crippen MR) is 85.1 cm³/mol. The monoisotopic (exact) mass is 312 g/mol. The number of H-pyrrole nitrogens is 1. The quantitative estimate of drug-likeness (QED) is 0.740. The van der Waals surface area contributed by atoms with Crippen LogP contribution in [0.4, 0.5) is 0 Å². The molecular weight excluding hydrogens is 296 g/mol. The van der Waals surface area contributed by atoms with E-state index in [4.69, 9.17) is 4.42 Å². The molecule has 0 aliphatic carbocycles. The van der Waals surface area contributed by atoms with Crippen molar-refractivity contribution in [2.24, 2.45) is 0 Å². The minimum Gasteiger partial charge on any atom is -0.440 e. The molecule has 1 aliphatic rings. The van der Waals surface area contributed by atoms with Crippen LogP contribution in [0.2, 0.25) is 0 Å². The molecule has 0 saturated carbocycles. The van der Waals surface area contributed by atoms with Crippen LogP contribution in [-0.4, -0.2) is 27.6 Å². The number of nitrogens with zero attached hydrogens (tertiary/aromatic N) is 2. The number of rotatable bonds is 2. The summed E-state index contributed by atoms with van der Waals surface area (Å²) < 4.78 is 7.28. The second kappa shape index (κ2) is 5.51. The Morgan fingerprint density at radius 3 is 2.78 bits per heavy atom. The van der Waals surface area contributed by atoms with E-state index >= 15 is 0 Å². The number of aromatic nitrogens is 3. The summed E-state index contributed by atoms with van der Waals surface area (Å²) in [5, 5.41) is 3.32. The standard InChI is InChI=1S/C16H16N4O3/c21-14-5-8-20(16(22)19-14)11-1-2-12-13(9-11)23-15(18-12)10-3-6-17-7-4-10/h1-2,5,8-10,17H,3-4,6-7H2,(H,19,21,22). The molecule has 7 nitrogen and oxygen atoms in total. The van der Waals surface area contributed by atoms with Gasteiger partial charge in [0.2, 0.25) is 0 Å². The zero-order valence-corrected chi connectivity index (χ0v) is 12.4. The highest BCUT2D eigenvalue weighted by atomic mass is 16.3. The average Bonchev–Trinajstić information content (AvgIpc) is 2.99. The van der Waals surface area contributed by atoms with E-state index in [-0.39, 0.29) is 0 Å². The van der Waals surface area contributed by atoms with Crippen LogP contribution in [0, 0.1) is 0 Å². The van der Waals surface area contributed by atoms with Gasteiger partial charge in [-0.25, -0.2) is 9.78 Å². The first-order valence-corrected chi connectivity index (χ1v) is 7.64. The van der Waals surface area contributed by atoms with E-state index in [1.807, 2.05) is 6.07 Å². The van der Waals surface area contributed by atoms with Crippen molar-refractivity contribution in [2.75, 3.05) is 13.1 Å². The van der Waals surface area contributed by atoms with Crippen LogP contribution >= 0.6 is 0 Å². The summed E-state index contributed by atoms with van der Waals surface area (Å²) in [6.45, 7) is 1.95. The van der Waals surface area contributed by atoms with Crippen LogP contribution in [0.25, 0.3) is 16.8 Å². The molecule has 0 atom stereocenters. The Bertz CT molecular complexity index is 963. The Balaban J connectivity index is 1.75. The van der Waals surface area contributed by atoms with Crippen molar-refractivity contribution in [2.45, 2.75) is 18.8 Å². The molecule has 2 aromatic heterocycles. The molecule has 0 bridgehead atoms. The van der Waals surface area contributed by atoms with Crippen molar-refractivity contribution in [3.63, 3.8) is 0 Å². The molecule has 1 saturated heterocycles. The summed E-state index contributed by atoms with van der Waals surface area (Å²) in [5.74, 6) is 1.09. The van der Waals surface area contributed by atoms with Crippen LogP contribution in [0.3, 0.4) is 0 Å². The molecule has 4 rings (SSSR count). The van der Waals surface area contributed by atoms with E-state index in [2.05, 4.69) is 15.3 Å². The summed E-state index contributed by atoms with van der Waals surface area (Å²) in [4.78, 5) is 29.9. The molecule has 1 aromatic carbocycles. The van der Waals surface area contributed by atoms with Crippen molar-refractivity contribution >= 4 is 11.1 Å². The molecule has 23 heavy (non-hydrogen) atoms. The van der Waals surface area contributed by atoms with Gasteiger partial charge in [-0.15, -0.1) is 0 Å². The van der Waals surface area contributed by atoms with E-state index in [1.165, 1.54) is 16.8 Å². The van der Waals surface area contributed by atoms with Crippen molar-refractivity contribution in [3.05, 3.63) is 57.2 Å². The Morgan fingerprint density at radius 1 is 1.17 bits per heavy atom. The Kier molecular flexibility index (Phi) is 3.34. The van der Waals surface area contributed by atoms with Crippen molar-refractivity contribution in [3.8, 4) is 5.69 Å². The largest absolute Gasteiger partial charge is 0.440 e. The van der Waals surface area contributed by atoms with Crippen LogP contribution in [-0.2, 0) is 0 Å². The number of oxazole rings is 1. The zero-order valence-electron chi connectivity index (χ0n) is 12.4. The molecule has 3 aromatic rings. The van der Waals surface area contributed by atoms with Crippen LogP contribution in [0.15, 0.2) is 44.5 Å². The maximum Gasteiger partial charge on any atom is 0.332 e. The zero-order chi connectivity index (χ0) is 15.8. The second-order valence-electron chi connectivity index (χ2n) is 5.71. The Hall–Kier alpha value is -2.67. The van der Waals surface area contributed by atoms with Gasteiger partial charge in [-0.2, -0.15) is 0 Å². The molecule has 7 heteroatoms. The van der Waals surface area contributed by atoms with Crippen molar-refractivity contribution < 1.29 is 4.42 Å². The number of nitrogens with one attached hydrogen (secondary N) is 2. The maximum absolute atomic E-state index is 11.9. The summed E-state index contributed by atoms with van der Waals surface area (Å²) in [6.07, 6.45) is 3.48. The van der Waals surface area contributed by atoms with E-state index in [0.717, 1.165) is 37.3 Å². The second-order valence-corrected chi connectivity index (χ2v) is 5.71. The Morgan fingerprint density at radius 2 is 2.00 bits per heavy atom. The van der Waals surface area contributed by atoms with Crippen molar-refractivity contribution in [1.29, 1.82) is 0 Å². The summed E-state index contributed by atoms with van der Waals surface area (Å²) in [7, 11) is 0. The lowest BCUT2D eigenvalue weighted by molar-refractivity contribution is 0.385. The molecule has 2 N–H and O–H groups in total. The smallest absolute Gasteiger partial charge is 0.332 e. The molecule has 0 spiro atoms. The normalized spacial score (nSPS) is 16.0. The highest BCUT2D eigenvalue weighted by Crippen LogP contribution is 2.28. The highest BCUT2D eigenvalue weighted by molar-refractivity contribution is 5.75. The van der Waals surface area contributed by atoms with Gasteiger partial charge in [0.05, 0.1) is 5.69 Å². The third kappa shape index (κ3) is 2.59. The lowest BCUT2D eigenvalue weighted by Gasteiger charge is -2.19. The van der Waals surface area contributed by atoms with Gasteiger partial charge in [-0.05, 0) is 38.1 Å². The van der Waals surface area contributed by atoms with Gasteiger partial charge in [-0.3, -0.25) is 14.3 Å². The van der Waals surface area contributed by atoms with E-state index in [1.54, 1.807) is 12.1 Å². The third-order valence-corrected chi connectivity index (χ3v) is 4.18. The first-order chi connectivity index (χ1) is 11.2. The molecule has 1 fully saturated rings. The molecule has 0 unspecified atom stereocenters. The van der Waals surface area contributed by atoms with Gasteiger partial charge in [0.15, 0.2) is 11.5 Å². The fourth-order valence-electron chi connectivity index (χ4n) is 2.94. The molecule has 118 valence electrons. The molecule has 0 amide bonds. The Labute approximate surface area is 131 Å². The average molecular weight is 312 g/mol. The molecular formula is C16H16N4O3. The van der Waals surface area contributed by atoms with Gasteiger partial charge < -0.3 is 9.73 Å². The van der Waals surface area contributed by atoms with Gasteiger partial charge in [0.25, 0.3) is 5.56 Å². The SMILES string of the molecule is O=c1ccn(-c2ccc3nc(C4CCNCC4)oc3c2)c(=O)[nH]1. The molecule has 0 radical (unpaired) electrons.